The van der Waals surface area contributed by atoms with Gasteiger partial charge in [0.25, 0.3) is 0 Å². The first-order valence-electron chi connectivity index (χ1n) is 4.24. The first-order chi connectivity index (χ1) is 5.20. The van der Waals surface area contributed by atoms with Crippen LogP contribution in [0.15, 0.2) is 0 Å². The molecule has 0 aromatic rings. The van der Waals surface area contributed by atoms with Crippen LogP contribution < -0.4 is 0 Å². The fourth-order valence-electron chi connectivity index (χ4n) is 0. The number of rotatable bonds is 0. The van der Waals surface area contributed by atoms with Gasteiger partial charge >= 0.3 is 0 Å². The average molecular weight is 319 g/mol. The van der Waals surface area contributed by atoms with Gasteiger partial charge in [0.15, 0.2) is 0 Å². The molecule has 0 bridgehead atoms. The summed E-state index contributed by atoms with van der Waals surface area (Å²) >= 11 is 0. The summed E-state index contributed by atoms with van der Waals surface area (Å²) in [5.41, 5.74) is 0. The van der Waals surface area contributed by atoms with Gasteiger partial charge in [-0.1, -0.05) is 0 Å². The minimum absolute atomic E-state index is 0. The fourth-order valence-corrected chi connectivity index (χ4v) is 0. The Morgan fingerprint density at radius 1 is 0.538 bits per heavy atom. The molecule has 0 heterocycles. The van der Waals surface area contributed by atoms with Crippen LogP contribution in [-0.2, 0) is 0 Å². The van der Waals surface area contributed by atoms with Crippen LogP contribution in [0.2, 0.25) is 0 Å². The van der Waals surface area contributed by atoms with E-state index in [9.17, 15) is 0 Å². The van der Waals surface area contributed by atoms with E-state index in [0.29, 0.717) is 0 Å². The molecular weight excluding hydrogens is 295 g/mol. The summed E-state index contributed by atoms with van der Waals surface area (Å²) in [5, 5.41) is 24.2. The summed E-state index contributed by atoms with van der Waals surface area (Å²) in [6.45, 7) is 10.3. The SMILES string of the molecule is CC(C)O.CC(C)O.CC(C)O.[La]. The molecule has 13 heavy (non-hydrogen) atoms. The van der Waals surface area contributed by atoms with Crippen molar-refractivity contribution >= 4 is 0 Å². The summed E-state index contributed by atoms with van der Waals surface area (Å²) < 4.78 is 0. The Balaban J connectivity index is -0.0000000450. The Bertz CT molecular complexity index is 43.4. The van der Waals surface area contributed by atoms with Crippen molar-refractivity contribution in [3.8, 4) is 0 Å². The minimum atomic E-state index is -0.167. The zero-order chi connectivity index (χ0) is 10.7. The normalized spacial score (nSPS) is 8.31. The third-order valence-corrected chi connectivity index (χ3v) is 0. The van der Waals surface area contributed by atoms with Crippen molar-refractivity contribution in [3.05, 3.63) is 0 Å². The molecule has 0 aliphatic carbocycles. The van der Waals surface area contributed by atoms with Gasteiger partial charge < -0.3 is 15.3 Å². The van der Waals surface area contributed by atoms with E-state index in [-0.39, 0.29) is 53.9 Å². The van der Waals surface area contributed by atoms with Crippen molar-refractivity contribution in [2.75, 3.05) is 0 Å². The van der Waals surface area contributed by atoms with Crippen LogP contribution >= 0.6 is 0 Å². The van der Waals surface area contributed by atoms with Crippen LogP contribution in [-0.4, -0.2) is 33.6 Å². The van der Waals surface area contributed by atoms with Crippen LogP contribution in [0.4, 0.5) is 0 Å². The number of aliphatic hydroxyl groups is 3. The maximum absolute atomic E-state index is 8.06. The molecule has 0 aliphatic heterocycles. The van der Waals surface area contributed by atoms with E-state index in [2.05, 4.69) is 0 Å². The van der Waals surface area contributed by atoms with Crippen molar-refractivity contribution in [2.24, 2.45) is 0 Å². The Kier molecular flexibility index (Phi) is 34.2. The summed E-state index contributed by atoms with van der Waals surface area (Å²) in [5.74, 6) is 0. The van der Waals surface area contributed by atoms with Crippen LogP contribution in [0.25, 0.3) is 0 Å². The topological polar surface area (TPSA) is 60.7 Å². The Morgan fingerprint density at radius 2 is 0.538 bits per heavy atom. The molecule has 4 heteroatoms. The van der Waals surface area contributed by atoms with Gasteiger partial charge in [-0.3, -0.25) is 0 Å². The standard InChI is InChI=1S/3C3H8O.La/c3*1-3(2)4;/h3*3-4H,1-2H3;. The molecule has 0 aromatic heterocycles. The molecule has 0 aliphatic rings. The van der Waals surface area contributed by atoms with Gasteiger partial charge in [0.05, 0.1) is 0 Å². The molecule has 0 aromatic carbocycles. The second kappa shape index (κ2) is 18.8. The van der Waals surface area contributed by atoms with Gasteiger partial charge in [0.2, 0.25) is 0 Å². The van der Waals surface area contributed by atoms with Gasteiger partial charge in [-0.05, 0) is 41.5 Å². The van der Waals surface area contributed by atoms with E-state index >= 15 is 0 Å². The van der Waals surface area contributed by atoms with E-state index in [0.717, 1.165) is 0 Å². The molecule has 3 nitrogen and oxygen atoms in total. The van der Waals surface area contributed by atoms with Crippen LogP contribution in [0.1, 0.15) is 41.5 Å². The Morgan fingerprint density at radius 3 is 0.538 bits per heavy atom. The molecule has 3 N–H and O–H groups in total. The molecule has 0 fully saturated rings. The predicted molar refractivity (Wildman–Crippen MR) is 52.1 cm³/mol. The maximum Gasteiger partial charge on any atom is 0.0483 e. The third-order valence-electron chi connectivity index (χ3n) is 0. The van der Waals surface area contributed by atoms with E-state index in [4.69, 9.17) is 15.3 Å². The van der Waals surface area contributed by atoms with Gasteiger partial charge in [-0.25, -0.2) is 0 Å². The molecule has 0 amide bonds. The van der Waals surface area contributed by atoms with Crippen molar-refractivity contribution in [2.45, 2.75) is 59.9 Å². The van der Waals surface area contributed by atoms with Crippen LogP contribution in [0, 0.1) is 35.6 Å². The van der Waals surface area contributed by atoms with Crippen LogP contribution in [0.3, 0.4) is 0 Å². The molecule has 0 spiro atoms. The van der Waals surface area contributed by atoms with Gasteiger partial charge in [0.1, 0.15) is 0 Å². The number of hydrogen-bond acceptors (Lipinski definition) is 3. The third kappa shape index (κ3) is 1390. The zero-order valence-electron chi connectivity index (χ0n) is 9.65. The molecule has 0 saturated heterocycles. The molecule has 0 saturated carbocycles. The van der Waals surface area contributed by atoms with Crippen molar-refractivity contribution in [3.63, 3.8) is 0 Å². The van der Waals surface area contributed by atoms with Gasteiger partial charge in [-0.2, -0.15) is 0 Å². The Hall–Kier alpha value is 1.07. The summed E-state index contributed by atoms with van der Waals surface area (Å²) in [7, 11) is 0. The van der Waals surface area contributed by atoms with Crippen molar-refractivity contribution in [1.29, 1.82) is 0 Å². The first kappa shape index (κ1) is 23.7. The molecular formula is C9H24LaO3. The Labute approximate surface area is 110 Å². The quantitative estimate of drug-likeness (QED) is 0.628. The maximum atomic E-state index is 8.06. The van der Waals surface area contributed by atoms with E-state index in [1.54, 1.807) is 41.5 Å². The van der Waals surface area contributed by atoms with E-state index in [1.807, 2.05) is 0 Å². The molecule has 0 rings (SSSR count). The molecule has 0 unspecified atom stereocenters. The fraction of sp³-hybridized carbons (Fsp3) is 1.00. The monoisotopic (exact) mass is 319 g/mol. The van der Waals surface area contributed by atoms with E-state index < -0.39 is 0 Å². The minimum Gasteiger partial charge on any atom is -0.394 e. The largest absolute Gasteiger partial charge is 0.394 e. The number of aliphatic hydroxyl groups excluding tert-OH is 3. The molecule has 1 radical (unpaired) electrons. The van der Waals surface area contributed by atoms with Crippen molar-refractivity contribution in [1.82, 2.24) is 0 Å². The zero-order valence-corrected chi connectivity index (χ0v) is 13.3. The van der Waals surface area contributed by atoms with E-state index in [1.165, 1.54) is 0 Å². The van der Waals surface area contributed by atoms with Gasteiger partial charge in [-0.15, -0.1) is 0 Å². The van der Waals surface area contributed by atoms with Crippen molar-refractivity contribution < 1.29 is 50.9 Å². The molecule has 0 atom stereocenters. The second-order valence-corrected chi connectivity index (χ2v) is 3.28. The summed E-state index contributed by atoms with van der Waals surface area (Å²) in [6, 6.07) is 0. The van der Waals surface area contributed by atoms with Gasteiger partial charge in [0, 0.05) is 53.9 Å². The van der Waals surface area contributed by atoms with Crippen LogP contribution in [0.5, 0.6) is 0 Å². The first-order valence-corrected chi connectivity index (χ1v) is 4.24. The smallest absolute Gasteiger partial charge is 0.0483 e. The summed E-state index contributed by atoms with van der Waals surface area (Å²) in [6.07, 6.45) is -0.500. The number of hydrogen-bond donors (Lipinski definition) is 3. The average Bonchev–Trinajstić information content (AvgIpc) is 1.54. The molecule has 81 valence electrons. The summed E-state index contributed by atoms with van der Waals surface area (Å²) in [4.78, 5) is 0. The predicted octanol–water partition coefficient (Wildman–Crippen LogP) is 1.16. The second-order valence-electron chi connectivity index (χ2n) is 3.28.